The van der Waals surface area contributed by atoms with E-state index in [0.29, 0.717) is 47.3 Å². The van der Waals surface area contributed by atoms with Crippen LogP contribution in [0.2, 0.25) is 0 Å². The van der Waals surface area contributed by atoms with Gasteiger partial charge in [0.1, 0.15) is 31.0 Å². The number of carboxylic acid groups (broad SMARTS) is 1. The molecule has 2 aromatic rings. The van der Waals surface area contributed by atoms with Crippen molar-refractivity contribution >= 4 is 17.7 Å². The Morgan fingerprint density at radius 2 is 1.76 bits per heavy atom. The number of rotatable bonds is 0. The number of carbonyl (C=O) groups is 2. The van der Waals surface area contributed by atoms with E-state index in [1.165, 1.54) is 0 Å². The highest BCUT2D eigenvalue weighted by molar-refractivity contribution is 6.23. The van der Waals surface area contributed by atoms with Gasteiger partial charge in [-0.1, -0.05) is 32.9 Å². The Balaban J connectivity index is 1.83. The molecule has 1 unspecified atom stereocenters. The minimum absolute atomic E-state index is 0.0356. The van der Waals surface area contributed by atoms with Crippen LogP contribution in [0.4, 0.5) is 10.5 Å². The van der Waals surface area contributed by atoms with E-state index in [9.17, 15) is 14.7 Å². The zero-order chi connectivity index (χ0) is 20.6. The van der Waals surface area contributed by atoms with Crippen molar-refractivity contribution in [3.8, 4) is 17.2 Å². The number of ether oxygens (including phenoxy) is 3. The Labute approximate surface area is 167 Å². The van der Waals surface area contributed by atoms with Crippen molar-refractivity contribution in [1.29, 1.82) is 0 Å². The molecule has 7 nitrogen and oxygen atoms in total. The number of amides is 2. The van der Waals surface area contributed by atoms with Crippen LogP contribution in [0, 0.1) is 0 Å². The molecule has 0 fully saturated rings. The van der Waals surface area contributed by atoms with Gasteiger partial charge in [-0.15, -0.1) is 0 Å². The Hall–Kier alpha value is -3.22. The van der Waals surface area contributed by atoms with Gasteiger partial charge in [0.05, 0.1) is 5.69 Å². The zero-order valence-electron chi connectivity index (χ0n) is 16.4. The molecular weight excluding hydrogens is 374 g/mol. The van der Waals surface area contributed by atoms with Crippen molar-refractivity contribution in [2.45, 2.75) is 31.6 Å². The molecule has 1 spiro atoms. The van der Waals surface area contributed by atoms with Gasteiger partial charge in [0, 0.05) is 17.2 Å². The molecule has 0 bridgehead atoms. The van der Waals surface area contributed by atoms with Gasteiger partial charge < -0.3 is 19.3 Å². The molecule has 150 valence electrons. The summed E-state index contributed by atoms with van der Waals surface area (Å²) >= 11 is 0. The van der Waals surface area contributed by atoms with Gasteiger partial charge >= 0.3 is 6.09 Å². The molecule has 5 rings (SSSR count). The van der Waals surface area contributed by atoms with E-state index in [1.807, 2.05) is 26.8 Å². The number of anilines is 1. The van der Waals surface area contributed by atoms with Crippen molar-refractivity contribution in [3.05, 3.63) is 47.0 Å². The van der Waals surface area contributed by atoms with E-state index in [1.54, 1.807) is 24.3 Å². The van der Waals surface area contributed by atoms with Crippen LogP contribution in [0.1, 0.15) is 37.5 Å². The second-order valence-electron chi connectivity index (χ2n) is 8.56. The first kappa shape index (κ1) is 17.8. The van der Waals surface area contributed by atoms with Gasteiger partial charge in [0.15, 0.2) is 11.5 Å². The van der Waals surface area contributed by atoms with Crippen LogP contribution in [0.5, 0.6) is 17.2 Å². The summed E-state index contributed by atoms with van der Waals surface area (Å²) in [5, 5.41) is 9.83. The van der Waals surface area contributed by atoms with Gasteiger partial charge in [-0.2, -0.15) is 0 Å². The summed E-state index contributed by atoms with van der Waals surface area (Å²) in [6.07, 6.45) is -1.30. The molecule has 3 aliphatic heterocycles. The maximum Gasteiger partial charge on any atom is 0.418 e. The summed E-state index contributed by atoms with van der Waals surface area (Å²) in [6.45, 7) is 7.03. The lowest BCUT2D eigenvalue weighted by Gasteiger charge is -2.29. The number of carbonyl (C=O) groups excluding carboxylic acids is 1. The summed E-state index contributed by atoms with van der Waals surface area (Å²) in [5.74, 6) is 1.10. The molecule has 0 saturated carbocycles. The molecule has 0 saturated heterocycles. The van der Waals surface area contributed by atoms with Gasteiger partial charge in [-0.25, -0.2) is 9.69 Å². The molecule has 3 heterocycles. The van der Waals surface area contributed by atoms with Gasteiger partial charge in [0.2, 0.25) is 0 Å². The number of nitrogens with zero attached hydrogens (tertiary/aromatic N) is 1. The SMILES string of the molecule is CC(C)(C)c1cccc2c1C1(COc3cc4c(cc31)OCCO4)C(=O)N2C(=O)O. The lowest BCUT2D eigenvalue weighted by Crippen LogP contribution is -2.45. The van der Waals surface area contributed by atoms with Crippen molar-refractivity contribution in [3.63, 3.8) is 0 Å². The number of benzene rings is 2. The first-order chi connectivity index (χ1) is 13.7. The first-order valence-corrected chi connectivity index (χ1v) is 9.53. The first-order valence-electron chi connectivity index (χ1n) is 9.53. The maximum absolute atomic E-state index is 13.6. The Bertz CT molecular complexity index is 1070. The summed E-state index contributed by atoms with van der Waals surface area (Å²) < 4.78 is 17.3. The third-order valence-electron chi connectivity index (χ3n) is 5.83. The van der Waals surface area contributed by atoms with Gasteiger partial charge in [-0.3, -0.25) is 4.79 Å². The predicted octanol–water partition coefficient (Wildman–Crippen LogP) is 3.46. The summed E-state index contributed by atoms with van der Waals surface area (Å²) in [5.41, 5.74) is 1.08. The minimum Gasteiger partial charge on any atom is -0.491 e. The number of fused-ring (bicyclic) bond motifs is 5. The summed E-state index contributed by atoms with van der Waals surface area (Å²) in [7, 11) is 0. The second kappa shape index (κ2) is 5.65. The molecule has 1 atom stereocenters. The number of imide groups is 1. The average molecular weight is 395 g/mol. The fourth-order valence-corrected chi connectivity index (χ4v) is 4.57. The number of hydrogen-bond donors (Lipinski definition) is 1. The highest BCUT2D eigenvalue weighted by Gasteiger charge is 2.60. The topological polar surface area (TPSA) is 85.3 Å². The van der Waals surface area contributed by atoms with E-state index < -0.39 is 17.4 Å². The number of hydrogen-bond acceptors (Lipinski definition) is 5. The van der Waals surface area contributed by atoms with E-state index in [2.05, 4.69) is 0 Å². The van der Waals surface area contributed by atoms with Gasteiger partial charge in [0.25, 0.3) is 5.91 Å². The molecule has 0 aromatic heterocycles. The Morgan fingerprint density at radius 1 is 1.07 bits per heavy atom. The van der Waals surface area contributed by atoms with E-state index >= 15 is 0 Å². The van der Waals surface area contributed by atoms with Gasteiger partial charge in [-0.05, 0) is 23.1 Å². The fraction of sp³-hybridized carbons (Fsp3) is 0.364. The zero-order valence-corrected chi connectivity index (χ0v) is 16.4. The smallest absolute Gasteiger partial charge is 0.418 e. The molecule has 2 aromatic carbocycles. The normalized spacial score (nSPS) is 21.8. The standard InChI is InChI=1S/C22H21NO6/c1-21(2,3)12-5-4-6-14-18(12)22(19(24)23(14)20(25)26)11-29-15-10-17-16(9-13(15)22)27-7-8-28-17/h4-6,9-10H,7-8,11H2,1-3H3,(H,25,26). The molecule has 1 N–H and O–H groups in total. The van der Waals surface area contributed by atoms with Crippen molar-refractivity contribution in [1.82, 2.24) is 0 Å². The molecule has 2 amide bonds. The van der Waals surface area contributed by atoms with Crippen LogP contribution in [0.15, 0.2) is 30.3 Å². The Kier molecular flexibility index (Phi) is 3.48. The van der Waals surface area contributed by atoms with Crippen LogP contribution >= 0.6 is 0 Å². The average Bonchev–Trinajstić information content (AvgIpc) is 3.16. The summed E-state index contributed by atoms with van der Waals surface area (Å²) in [4.78, 5) is 26.5. The molecular formula is C22H21NO6. The third kappa shape index (κ3) is 2.24. The Morgan fingerprint density at radius 3 is 2.41 bits per heavy atom. The minimum atomic E-state index is -1.30. The van der Waals surface area contributed by atoms with Crippen molar-refractivity contribution in [2.24, 2.45) is 0 Å². The third-order valence-corrected chi connectivity index (χ3v) is 5.83. The lowest BCUT2D eigenvalue weighted by atomic mass is 9.70. The largest absolute Gasteiger partial charge is 0.491 e. The van der Waals surface area contributed by atoms with Crippen LogP contribution in [0.25, 0.3) is 0 Å². The van der Waals surface area contributed by atoms with Crippen molar-refractivity contribution in [2.75, 3.05) is 24.7 Å². The highest BCUT2D eigenvalue weighted by atomic mass is 16.6. The second-order valence-corrected chi connectivity index (χ2v) is 8.56. The van der Waals surface area contributed by atoms with E-state index in [0.717, 1.165) is 10.5 Å². The predicted molar refractivity (Wildman–Crippen MR) is 104 cm³/mol. The van der Waals surface area contributed by atoms with E-state index in [-0.39, 0.29) is 12.0 Å². The van der Waals surface area contributed by atoms with Crippen LogP contribution < -0.4 is 19.1 Å². The quantitative estimate of drug-likeness (QED) is 0.735. The van der Waals surface area contributed by atoms with Crippen LogP contribution in [-0.4, -0.2) is 36.9 Å². The summed E-state index contributed by atoms with van der Waals surface area (Å²) in [6, 6.07) is 8.93. The molecule has 0 radical (unpaired) electrons. The molecule has 0 aliphatic carbocycles. The lowest BCUT2D eigenvalue weighted by molar-refractivity contribution is -0.121. The molecule has 7 heteroatoms. The maximum atomic E-state index is 13.6. The van der Waals surface area contributed by atoms with Crippen LogP contribution in [0.3, 0.4) is 0 Å². The molecule has 29 heavy (non-hydrogen) atoms. The van der Waals surface area contributed by atoms with Crippen molar-refractivity contribution < 1.29 is 28.9 Å². The monoisotopic (exact) mass is 395 g/mol. The van der Waals surface area contributed by atoms with Crippen LogP contribution in [-0.2, 0) is 15.6 Å². The highest BCUT2D eigenvalue weighted by Crippen LogP contribution is 2.56. The fourth-order valence-electron chi connectivity index (χ4n) is 4.57. The van der Waals surface area contributed by atoms with E-state index in [4.69, 9.17) is 14.2 Å². The molecule has 3 aliphatic rings.